The first-order valence-electron chi connectivity index (χ1n) is 44.0. The number of carbonyl (C=O) groups excluding carboxylic acids is 2. The fourth-order valence-corrected chi connectivity index (χ4v) is 17.6. The Hall–Kier alpha value is -11.9. The minimum absolute atomic E-state index is 0.0156. The molecule has 0 aliphatic carbocycles. The third-order valence-electron chi connectivity index (χ3n) is 25.7. The number of aryl methyl sites for hydroxylation is 3. The van der Waals surface area contributed by atoms with Crippen molar-refractivity contribution >= 4 is 45.7 Å². The summed E-state index contributed by atoms with van der Waals surface area (Å²) in [5.41, 5.74) is 9.89. The van der Waals surface area contributed by atoms with Gasteiger partial charge < -0.3 is 86.8 Å². The molecule has 0 bridgehead atoms. The summed E-state index contributed by atoms with van der Waals surface area (Å²) in [7, 11) is 3.04. The molecule has 8 aliphatic rings. The molecule has 10 aromatic rings. The molecule has 670 valence electrons. The van der Waals surface area contributed by atoms with Crippen LogP contribution in [0.4, 0.5) is 0 Å². The van der Waals surface area contributed by atoms with Crippen LogP contribution in [0, 0.1) is 32.6 Å². The second kappa shape index (κ2) is 33.7. The van der Waals surface area contributed by atoms with Crippen LogP contribution in [0.25, 0.3) is 56.3 Å². The Morgan fingerprint density at radius 2 is 0.866 bits per heavy atom. The predicted octanol–water partition coefficient (Wildman–Crippen LogP) is 21.4. The lowest BCUT2D eigenvalue weighted by atomic mass is 9.82. The van der Waals surface area contributed by atoms with Gasteiger partial charge in [0.1, 0.15) is 139 Å². The number of methoxy groups -OCH3 is 2. The number of carbonyl (C=O) groups is 2. The maximum absolute atomic E-state index is 13.7. The molecule has 8 aliphatic heterocycles. The van der Waals surface area contributed by atoms with Crippen molar-refractivity contribution in [2.75, 3.05) is 27.4 Å². The van der Waals surface area contributed by atoms with Crippen LogP contribution in [0.2, 0.25) is 0 Å². The Kier molecular flexibility index (Phi) is 23.9. The number of aromatic hydroxyl groups is 6. The smallest absolute Gasteiger partial charge is 0.204 e. The Morgan fingerprint density at radius 1 is 0.449 bits per heavy atom. The summed E-state index contributed by atoms with van der Waals surface area (Å²) in [6.07, 6.45) is 17.3. The highest BCUT2D eigenvalue weighted by Crippen LogP contribution is 2.56. The fourth-order valence-electron chi connectivity index (χ4n) is 17.6. The number of benzene rings is 8. The normalized spacial score (nSPS) is 19.6. The van der Waals surface area contributed by atoms with Crippen LogP contribution in [0.1, 0.15) is 241 Å². The van der Waals surface area contributed by atoms with E-state index in [1.807, 2.05) is 157 Å². The van der Waals surface area contributed by atoms with E-state index in [4.69, 9.17) is 56.2 Å². The van der Waals surface area contributed by atoms with Crippen LogP contribution < -0.4 is 48.8 Å². The first-order valence-corrected chi connectivity index (χ1v) is 44.0. The van der Waals surface area contributed by atoms with Gasteiger partial charge in [0.2, 0.25) is 10.9 Å². The summed E-state index contributed by atoms with van der Waals surface area (Å²) in [4.78, 5) is 54.4. The highest BCUT2D eigenvalue weighted by atomic mass is 16.6. The zero-order valence-corrected chi connectivity index (χ0v) is 76.6. The van der Waals surface area contributed by atoms with Gasteiger partial charge in [-0.15, -0.1) is 0 Å². The molecule has 22 heteroatoms. The summed E-state index contributed by atoms with van der Waals surface area (Å²) in [5.74, 6) is 3.95. The maximum atomic E-state index is 13.7. The van der Waals surface area contributed by atoms with Gasteiger partial charge in [-0.25, -0.2) is 0 Å². The number of fused-ring (bicyclic) bond motifs is 12. The lowest BCUT2D eigenvalue weighted by Crippen LogP contribution is -2.35. The van der Waals surface area contributed by atoms with Gasteiger partial charge in [0.15, 0.2) is 34.2 Å². The molecule has 2 fully saturated rings. The van der Waals surface area contributed by atoms with Crippen molar-refractivity contribution in [3.05, 3.63) is 207 Å². The summed E-state index contributed by atoms with van der Waals surface area (Å²) in [5, 5.41) is 65.8. The van der Waals surface area contributed by atoms with Gasteiger partial charge in [0, 0.05) is 46.2 Å². The molecule has 8 aromatic carbocycles. The summed E-state index contributed by atoms with van der Waals surface area (Å²) >= 11 is 0. The minimum Gasteiger partial charge on any atom is -0.508 e. The number of phenols is 6. The number of ether oxygens (including phenoxy) is 10. The third kappa shape index (κ3) is 17.6. The number of phenolic OH excluding ortho intramolecular Hbond substituents is 6. The van der Waals surface area contributed by atoms with Crippen molar-refractivity contribution < 1.29 is 96.4 Å². The molecular weight excluding hydrogens is 1610 g/mol. The Morgan fingerprint density at radius 3 is 1.28 bits per heavy atom. The number of ketones is 2. The molecule has 0 spiro atoms. The SMILES string of the molecule is COc1cc(-c2coc3c4c(c(CC5OC5(C)C)c(O)c3c2=O)OC(C)(C)C=C4)ccc1C.COc1ccc(-c2coc3c4c(c(CC5OC5(C)C)c(O)c3c2=O)OC(C)(C)C=C4)cc1O.Cc1ccc(C2COc3c4c(c(CCC(C)C)c(O)c3C2=O)OC(C)(C)CC4)cc1.Cc1ccc(C2COc3c4c(c(CCC(C)C)c(O)c3C2=O)OC(C)(C)CC4)cc1O. The lowest BCUT2D eigenvalue weighted by Gasteiger charge is -2.37. The average molecular weight is 1730 g/mol. The molecule has 127 heavy (non-hydrogen) atoms. The van der Waals surface area contributed by atoms with Crippen LogP contribution in [-0.2, 0) is 48.0 Å². The van der Waals surface area contributed by atoms with Crippen molar-refractivity contribution in [2.45, 2.75) is 253 Å². The Balaban J connectivity index is 0.000000131. The average Bonchev–Trinajstić information content (AvgIpc) is 1.59. The third-order valence-corrected chi connectivity index (χ3v) is 25.7. The molecule has 10 heterocycles. The van der Waals surface area contributed by atoms with E-state index >= 15 is 0 Å². The molecule has 4 atom stereocenters. The summed E-state index contributed by atoms with van der Waals surface area (Å²) in [6, 6.07) is 23.4. The minimum atomic E-state index is -0.581. The van der Waals surface area contributed by atoms with E-state index in [1.165, 1.54) is 25.7 Å². The number of rotatable bonds is 16. The molecule has 0 radical (unpaired) electrons. The highest BCUT2D eigenvalue weighted by molar-refractivity contribution is 6.09. The number of Topliss-reactive ketones (excluding diaryl/α,β-unsaturated/α-hetero) is 2. The monoisotopic (exact) mass is 1730 g/mol. The van der Waals surface area contributed by atoms with Crippen LogP contribution in [0.3, 0.4) is 0 Å². The zero-order chi connectivity index (χ0) is 91.5. The van der Waals surface area contributed by atoms with Crippen molar-refractivity contribution in [3.63, 3.8) is 0 Å². The van der Waals surface area contributed by atoms with E-state index in [0.717, 1.165) is 83.2 Å². The Bertz CT molecular complexity index is 6260. The molecule has 6 N–H and O–H groups in total. The van der Waals surface area contributed by atoms with E-state index in [0.29, 0.717) is 139 Å². The first kappa shape index (κ1) is 89.9. The molecular formula is C105H118O22. The maximum Gasteiger partial charge on any atom is 0.204 e. The molecule has 2 aromatic heterocycles. The summed E-state index contributed by atoms with van der Waals surface area (Å²) < 4.78 is 71.3. The van der Waals surface area contributed by atoms with Gasteiger partial charge in [-0.1, -0.05) is 87.9 Å². The zero-order valence-electron chi connectivity index (χ0n) is 76.6. The Labute approximate surface area is 741 Å². The van der Waals surface area contributed by atoms with Crippen molar-refractivity contribution in [3.8, 4) is 103 Å². The van der Waals surface area contributed by atoms with Gasteiger partial charge >= 0.3 is 0 Å². The molecule has 0 amide bonds. The van der Waals surface area contributed by atoms with Gasteiger partial charge in [0.05, 0.1) is 71.7 Å². The lowest BCUT2D eigenvalue weighted by molar-refractivity contribution is 0.0775. The van der Waals surface area contributed by atoms with Crippen LogP contribution in [0.15, 0.2) is 122 Å². The van der Waals surface area contributed by atoms with Crippen molar-refractivity contribution in [1.82, 2.24) is 0 Å². The van der Waals surface area contributed by atoms with Gasteiger partial charge in [-0.2, -0.15) is 0 Å². The van der Waals surface area contributed by atoms with E-state index in [1.54, 1.807) is 37.4 Å². The molecule has 22 nitrogen and oxygen atoms in total. The molecule has 18 rings (SSSR count). The topological polar surface area (TPSA) is 315 Å². The summed E-state index contributed by atoms with van der Waals surface area (Å²) in [6.45, 7) is 38.8. The number of hydrogen-bond acceptors (Lipinski definition) is 22. The predicted molar refractivity (Wildman–Crippen MR) is 489 cm³/mol. The molecule has 4 unspecified atom stereocenters. The van der Waals surface area contributed by atoms with Gasteiger partial charge in [-0.05, 0) is 249 Å². The van der Waals surface area contributed by atoms with Crippen LogP contribution >= 0.6 is 0 Å². The second-order valence-corrected chi connectivity index (χ2v) is 39.2. The van der Waals surface area contributed by atoms with Crippen molar-refractivity contribution in [2.24, 2.45) is 11.8 Å². The largest absolute Gasteiger partial charge is 0.508 e. The van der Waals surface area contributed by atoms with Crippen molar-refractivity contribution in [1.29, 1.82) is 0 Å². The quantitative estimate of drug-likeness (QED) is 0.0490. The standard InChI is InChI=1S/C27H28O6.C26H26O7.C26H32O5.C26H32O4/c1-14-7-8-15(11-19(14)30-6)18-13-31-25-16-9-10-26(2,3)33-24(16)17(12-20-27(4,5)32-20)22(28)21(25)23(18)29;1-25(2)9-8-14-23(33-25)15(11-19-26(3,4)32-19)21(28)20-22(29)16(12-31-24(14)20)13-6-7-18(30-5)17(27)10-13;1-14(2)6-9-17-22(28)21-23(29)19(16-8-7-15(3)20(27)12-16)13-30-25(21)18-10-11-26(4,5)31-24(17)18;1-15(2)6-11-18-22(27)21-23(28)20(17-9-7-16(3)8-10-17)14-29-25(21)19-12-13-26(4,5)30-24(18)19/h7-11,13,20,28H,12H2,1-6H3;6-10,12,19,27-28H,11H2,1-5H3;7-8,12,14,19,27-28H,6,9-11,13H2,1-5H3;7-10,15,20,27H,6,11-14H2,1-5H3. The van der Waals surface area contributed by atoms with E-state index in [9.17, 15) is 49.8 Å². The molecule has 0 saturated carbocycles. The first-order chi connectivity index (χ1) is 59.8. The molecule has 2 saturated heterocycles. The van der Waals surface area contributed by atoms with E-state index in [2.05, 4.69) is 41.5 Å². The number of hydrogen-bond donors (Lipinski definition) is 6. The van der Waals surface area contributed by atoms with Gasteiger partial charge in [-0.3, -0.25) is 19.2 Å². The fraction of sp³-hybridized carbons (Fsp3) is 0.429. The number of epoxide rings is 2. The van der Waals surface area contributed by atoms with Gasteiger partial charge in [0.25, 0.3) is 0 Å². The van der Waals surface area contributed by atoms with E-state index in [-0.39, 0.29) is 127 Å². The van der Waals surface area contributed by atoms with E-state index < -0.39 is 28.5 Å². The highest BCUT2D eigenvalue weighted by Gasteiger charge is 2.51. The second-order valence-electron chi connectivity index (χ2n) is 39.2. The van der Waals surface area contributed by atoms with Crippen LogP contribution in [0.5, 0.6) is 80.5 Å². The van der Waals surface area contributed by atoms with Crippen LogP contribution in [-0.4, -0.2) is 115 Å².